The van der Waals surface area contributed by atoms with Crippen molar-refractivity contribution in [2.75, 3.05) is 13.1 Å². The second-order valence-corrected chi connectivity index (χ2v) is 6.22. The number of nitrogens with zero attached hydrogens (tertiary/aromatic N) is 1. The Labute approximate surface area is 122 Å². The van der Waals surface area contributed by atoms with Gasteiger partial charge >= 0.3 is 6.09 Å². The summed E-state index contributed by atoms with van der Waals surface area (Å²) in [5.41, 5.74) is 3.54. The molecular formula is C17H27NO2. The highest BCUT2D eigenvalue weighted by Crippen LogP contribution is 2.31. The first-order valence-electron chi connectivity index (χ1n) is 7.29. The summed E-state index contributed by atoms with van der Waals surface area (Å²) in [5.74, 6) is 0.660. The van der Waals surface area contributed by atoms with Crippen LogP contribution in [-0.4, -0.2) is 24.1 Å². The predicted molar refractivity (Wildman–Crippen MR) is 83.6 cm³/mol. The van der Waals surface area contributed by atoms with Crippen LogP contribution in [-0.2, 0) is 5.41 Å². The van der Waals surface area contributed by atoms with Gasteiger partial charge in [0.15, 0.2) is 0 Å². The van der Waals surface area contributed by atoms with Gasteiger partial charge in [-0.25, -0.2) is 4.79 Å². The molecule has 0 aliphatic heterocycles. The van der Waals surface area contributed by atoms with Gasteiger partial charge in [-0.1, -0.05) is 26.8 Å². The Morgan fingerprint density at radius 3 is 2.10 bits per heavy atom. The third-order valence-electron chi connectivity index (χ3n) is 3.55. The van der Waals surface area contributed by atoms with Gasteiger partial charge in [-0.15, -0.1) is 0 Å². The second kappa shape index (κ2) is 6.29. The standard InChI is InChI=1S/C17H27NO2/c1-8-18(9-2)16(19)20-15-11-12(3)14(10-13(15)4)17(5,6)7/h10-11H,8-9H2,1-7H3. The zero-order valence-corrected chi connectivity index (χ0v) is 13.8. The molecule has 0 heterocycles. The van der Waals surface area contributed by atoms with E-state index in [9.17, 15) is 4.79 Å². The van der Waals surface area contributed by atoms with Gasteiger partial charge in [0.2, 0.25) is 0 Å². The third-order valence-corrected chi connectivity index (χ3v) is 3.55. The minimum Gasteiger partial charge on any atom is -0.410 e. The molecule has 0 bridgehead atoms. The molecule has 1 aromatic carbocycles. The van der Waals surface area contributed by atoms with Gasteiger partial charge < -0.3 is 9.64 Å². The van der Waals surface area contributed by atoms with Crippen LogP contribution >= 0.6 is 0 Å². The Kier molecular flexibility index (Phi) is 5.21. The van der Waals surface area contributed by atoms with Crippen molar-refractivity contribution < 1.29 is 9.53 Å². The highest BCUT2D eigenvalue weighted by atomic mass is 16.6. The van der Waals surface area contributed by atoms with Gasteiger partial charge in [-0.05, 0) is 55.9 Å². The lowest BCUT2D eigenvalue weighted by molar-refractivity contribution is 0.157. The maximum absolute atomic E-state index is 12.0. The van der Waals surface area contributed by atoms with Gasteiger partial charge in [0, 0.05) is 13.1 Å². The average Bonchev–Trinajstić information content (AvgIpc) is 2.33. The molecule has 0 unspecified atom stereocenters. The van der Waals surface area contributed by atoms with E-state index in [1.54, 1.807) is 4.90 Å². The Morgan fingerprint density at radius 1 is 1.10 bits per heavy atom. The zero-order valence-electron chi connectivity index (χ0n) is 13.8. The van der Waals surface area contributed by atoms with E-state index in [0.717, 1.165) is 11.1 Å². The first-order chi connectivity index (χ1) is 9.20. The van der Waals surface area contributed by atoms with E-state index in [-0.39, 0.29) is 11.5 Å². The van der Waals surface area contributed by atoms with Crippen LogP contribution in [0.5, 0.6) is 5.75 Å². The summed E-state index contributed by atoms with van der Waals surface area (Å²) < 4.78 is 5.52. The smallest absolute Gasteiger partial charge is 0.410 e. The Hall–Kier alpha value is -1.51. The molecule has 0 aromatic heterocycles. The Morgan fingerprint density at radius 2 is 1.65 bits per heavy atom. The van der Waals surface area contributed by atoms with Crippen LogP contribution in [0.15, 0.2) is 12.1 Å². The summed E-state index contributed by atoms with van der Waals surface area (Å²) in [7, 11) is 0. The highest BCUT2D eigenvalue weighted by Gasteiger charge is 2.19. The zero-order chi connectivity index (χ0) is 15.5. The van der Waals surface area contributed by atoms with Crippen LogP contribution in [0.3, 0.4) is 0 Å². The van der Waals surface area contributed by atoms with E-state index in [1.165, 1.54) is 5.56 Å². The molecule has 0 radical (unpaired) electrons. The number of rotatable bonds is 3. The fourth-order valence-electron chi connectivity index (χ4n) is 2.35. The molecule has 20 heavy (non-hydrogen) atoms. The van der Waals surface area contributed by atoms with E-state index in [4.69, 9.17) is 4.74 Å². The van der Waals surface area contributed by atoms with E-state index >= 15 is 0 Å². The number of amides is 1. The lowest BCUT2D eigenvalue weighted by Crippen LogP contribution is -2.33. The molecule has 1 aromatic rings. The van der Waals surface area contributed by atoms with E-state index < -0.39 is 0 Å². The number of aryl methyl sites for hydroxylation is 2. The minimum absolute atomic E-state index is 0.0935. The van der Waals surface area contributed by atoms with E-state index in [1.807, 2.05) is 26.8 Å². The number of benzene rings is 1. The first kappa shape index (κ1) is 16.5. The lowest BCUT2D eigenvalue weighted by Gasteiger charge is -2.24. The molecule has 3 heteroatoms. The van der Waals surface area contributed by atoms with Crippen molar-refractivity contribution in [3.63, 3.8) is 0 Å². The van der Waals surface area contributed by atoms with Crippen molar-refractivity contribution in [3.8, 4) is 5.75 Å². The third kappa shape index (κ3) is 3.75. The molecule has 1 rings (SSSR count). The second-order valence-electron chi connectivity index (χ2n) is 6.22. The van der Waals surface area contributed by atoms with Gasteiger partial charge in [-0.3, -0.25) is 0 Å². The monoisotopic (exact) mass is 277 g/mol. The Bertz CT molecular complexity index is 482. The summed E-state index contributed by atoms with van der Waals surface area (Å²) in [5, 5.41) is 0. The van der Waals surface area contributed by atoms with Gasteiger partial charge in [-0.2, -0.15) is 0 Å². The molecule has 0 fully saturated rings. The number of hydrogen-bond acceptors (Lipinski definition) is 2. The molecule has 0 N–H and O–H groups in total. The number of carbonyl (C=O) groups excluding carboxylic acids is 1. The van der Waals surface area contributed by atoms with Gasteiger partial charge in [0.25, 0.3) is 0 Å². The van der Waals surface area contributed by atoms with Crippen molar-refractivity contribution >= 4 is 6.09 Å². The molecule has 3 nitrogen and oxygen atoms in total. The van der Waals surface area contributed by atoms with Crippen LogP contribution < -0.4 is 4.74 Å². The first-order valence-corrected chi connectivity index (χ1v) is 7.29. The topological polar surface area (TPSA) is 29.5 Å². The number of ether oxygens (including phenoxy) is 1. The van der Waals surface area contributed by atoms with E-state index in [2.05, 4.69) is 33.8 Å². The lowest BCUT2D eigenvalue weighted by atomic mass is 9.83. The van der Waals surface area contributed by atoms with Crippen LogP contribution in [0.4, 0.5) is 4.79 Å². The van der Waals surface area contributed by atoms with Gasteiger partial charge in [0.1, 0.15) is 5.75 Å². The summed E-state index contributed by atoms with van der Waals surface area (Å²) in [4.78, 5) is 13.7. The molecule has 0 atom stereocenters. The fraction of sp³-hybridized carbons (Fsp3) is 0.588. The summed E-state index contributed by atoms with van der Waals surface area (Å²) >= 11 is 0. The maximum Gasteiger partial charge on any atom is 0.415 e. The van der Waals surface area contributed by atoms with Crippen LogP contribution in [0.25, 0.3) is 0 Å². The quantitative estimate of drug-likeness (QED) is 0.817. The molecule has 1 amide bonds. The molecule has 112 valence electrons. The highest BCUT2D eigenvalue weighted by molar-refractivity contribution is 5.71. The van der Waals surface area contributed by atoms with Crippen LogP contribution in [0.2, 0.25) is 0 Å². The van der Waals surface area contributed by atoms with E-state index in [0.29, 0.717) is 18.8 Å². The maximum atomic E-state index is 12.0. The summed E-state index contributed by atoms with van der Waals surface area (Å²) in [6.45, 7) is 15.8. The number of hydrogen-bond donors (Lipinski definition) is 0. The average molecular weight is 277 g/mol. The predicted octanol–water partition coefficient (Wildman–Crippen LogP) is 4.44. The molecule has 0 saturated heterocycles. The number of carbonyl (C=O) groups is 1. The van der Waals surface area contributed by atoms with Crippen molar-refractivity contribution in [1.82, 2.24) is 4.90 Å². The molecule has 0 spiro atoms. The summed E-state index contributed by atoms with van der Waals surface area (Å²) in [6.07, 6.45) is -0.277. The molecular weight excluding hydrogens is 250 g/mol. The SMILES string of the molecule is CCN(CC)C(=O)Oc1cc(C)c(C(C)(C)C)cc1C. The normalized spacial score (nSPS) is 11.3. The van der Waals surface area contributed by atoms with Crippen molar-refractivity contribution in [2.45, 2.75) is 53.9 Å². The fourth-order valence-corrected chi connectivity index (χ4v) is 2.35. The van der Waals surface area contributed by atoms with Gasteiger partial charge in [0.05, 0.1) is 0 Å². The summed E-state index contributed by atoms with van der Waals surface area (Å²) in [6, 6.07) is 4.09. The van der Waals surface area contributed by atoms with Crippen molar-refractivity contribution in [2.24, 2.45) is 0 Å². The molecule has 0 aliphatic rings. The molecule has 0 aliphatic carbocycles. The largest absolute Gasteiger partial charge is 0.415 e. The minimum atomic E-state index is -0.277. The van der Waals surface area contributed by atoms with Crippen molar-refractivity contribution in [1.29, 1.82) is 0 Å². The van der Waals surface area contributed by atoms with Crippen LogP contribution in [0.1, 0.15) is 51.3 Å². The molecule has 0 saturated carbocycles. The van der Waals surface area contributed by atoms with Crippen LogP contribution in [0, 0.1) is 13.8 Å². The van der Waals surface area contributed by atoms with Crippen molar-refractivity contribution in [3.05, 3.63) is 28.8 Å². The Balaban J connectivity index is 3.05.